The van der Waals surface area contributed by atoms with Gasteiger partial charge in [-0.2, -0.15) is 5.09 Å². The SMILES string of the molecule is Cc1cn([C@H]2OC(COP(=O)(N[C@@H](C)C(=O)OC(C)C)Oc3ccccc3)[C@@H](O)C2F)c(=O)[nH]c1=S. The molecular weight excluding hydrogens is 516 g/mol. The van der Waals surface area contributed by atoms with Crippen molar-refractivity contribution in [2.45, 2.75) is 64.4 Å². The Morgan fingerprint density at radius 1 is 1.33 bits per heavy atom. The van der Waals surface area contributed by atoms with Crippen molar-refractivity contribution in [3.63, 3.8) is 0 Å². The highest BCUT2D eigenvalue weighted by Gasteiger charge is 2.47. The number of benzene rings is 1. The average Bonchev–Trinajstić information content (AvgIpc) is 3.08. The van der Waals surface area contributed by atoms with E-state index in [0.29, 0.717) is 5.56 Å². The quantitative estimate of drug-likeness (QED) is 0.232. The van der Waals surface area contributed by atoms with Crippen molar-refractivity contribution < 1.29 is 37.4 Å². The van der Waals surface area contributed by atoms with Crippen molar-refractivity contribution in [1.29, 1.82) is 0 Å². The highest BCUT2D eigenvalue weighted by Crippen LogP contribution is 2.46. The Labute approximate surface area is 212 Å². The van der Waals surface area contributed by atoms with Gasteiger partial charge in [0.2, 0.25) is 0 Å². The maximum atomic E-state index is 14.9. The summed E-state index contributed by atoms with van der Waals surface area (Å²) < 4.78 is 51.3. The van der Waals surface area contributed by atoms with E-state index in [1.807, 2.05) is 0 Å². The minimum atomic E-state index is -4.26. The lowest BCUT2D eigenvalue weighted by molar-refractivity contribution is -0.149. The van der Waals surface area contributed by atoms with Gasteiger partial charge >= 0.3 is 19.4 Å². The fourth-order valence-electron chi connectivity index (χ4n) is 3.35. The Hall–Kier alpha value is -2.41. The number of nitrogens with zero attached hydrogens (tertiary/aromatic N) is 1. The number of aliphatic hydroxyl groups is 1. The third kappa shape index (κ3) is 6.87. The van der Waals surface area contributed by atoms with Gasteiger partial charge in [0, 0.05) is 11.8 Å². The molecule has 198 valence electrons. The van der Waals surface area contributed by atoms with Crippen LogP contribution in [0.25, 0.3) is 0 Å². The van der Waals surface area contributed by atoms with Crippen molar-refractivity contribution in [2.24, 2.45) is 0 Å². The van der Waals surface area contributed by atoms with Gasteiger partial charge in [-0.05, 0) is 39.8 Å². The number of aliphatic hydroxyl groups excluding tert-OH is 1. The minimum Gasteiger partial charge on any atom is -0.462 e. The summed E-state index contributed by atoms with van der Waals surface area (Å²) in [4.78, 5) is 26.9. The topological polar surface area (TPSA) is 141 Å². The number of rotatable bonds is 10. The summed E-state index contributed by atoms with van der Waals surface area (Å²) in [6.07, 6.45) is -5.58. The molecule has 0 aliphatic carbocycles. The average molecular weight is 546 g/mol. The number of aromatic nitrogens is 2. The van der Waals surface area contributed by atoms with Gasteiger partial charge in [0.15, 0.2) is 12.4 Å². The standard InChI is InChI=1S/C22H29FN3O8PS/c1-12(2)32-21(28)14(4)25-35(30,34-15-8-6-5-7-9-15)31-11-16-18(27)17(23)20(33-16)26-10-13(3)19(36)24-22(26)29/h5-10,12,14,16-18,20,27H,11H2,1-4H3,(H,25,30)(H,24,29,36)/t14-,16?,17?,18+,20-,35?/m0/s1. The van der Waals surface area contributed by atoms with E-state index in [4.69, 9.17) is 30.7 Å². The van der Waals surface area contributed by atoms with Gasteiger partial charge in [-0.1, -0.05) is 30.4 Å². The van der Waals surface area contributed by atoms with Gasteiger partial charge in [0.05, 0.1) is 12.7 Å². The molecule has 3 unspecified atom stereocenters. The van der Waals surface area contributed by atoms with E-state index < -0.39 is 62.8 Å². The normalized spacial score (nSPS) is 24.3. The van der Waals surface area contributed by atoms with Crippen molar-refractivity contribution in [3.05, 3.63) is 57.2 Å². The molecule has 0 spiro atoms. The summed E-state index contributed by atoms with van der Waals surface area (Å²) in [6.45, 7) is 5.78. The molecule has 36 heavy (non-hydrogen) atoms. The van der Waals surface area contributed by atoms with E-state index in [0.717, 1.165) is 4.57 Å². The number of esters is 1. The minimum absolute atomic E-state index is 0.175. The summed E-state index contributed by atoms with van der Waals surface area (Å²) in [5.74, 6) is -0.517. The van der Waals surface area contributed by atoms with Gasteiger partial charge in [0.25, 0.3) is 0 Å². The van der Waals surface area contributed by atoms with E-state index in [1.165, 1.54) is 25.3 Å². The molecule has 1 aliphatic heterocycles. The molecule has 0 saturated carbocycles. The van der Waals surface area contributed by atoms with Crippen LogP contribution in [-0.2, 0) is 23.4 Å². The van der Waals surface area contributed by atoms with E-state index in [1.54, 1.807) is 39.0 Å². The fraction of sp³-hybridized carbons (Fsp3) is 0.500. The van der Waals surface area contributed by atoms with Crippen LogP contribution in [0.1, 0.15) is 32.6 Å². The summed E-state index contributed by atoms with van der Waals surface area (Å²) in [7, 11) is -4.26. The van der Waals surface area contributed by atoms with E-state index in [9.17, 15) is 23.7 Å². The van der Waals surface area contributed by atoms with Crippen LogP contribution in [-0.4, -0.2) is 57.8 Å². The molecule has 1 saturated heterocycles. The Morgan fingerprint density at radius 3 is 2.64 bits per heavy atom. The van der Waals surface area contributed by atoms with Crippen molar-refractivity contribution >= 4 is 25.9 Å². The highest BCUT2D eigenvalue weighted by molar-refractivity contribution is 7.71. The molecule has 2 aromatic rings. The zero-order valence-electron chi connectivity index (χ0n) is 20.1. The maximum absolute atomic E-state index is 14.9. The molecule has 6 atom stereocenters. The monoisotopic (exact) mass is 545 g/mol. The zero-order chi connectivity index (χ0) is 26.6. The van der Waals surface area contributed by atoms with Crippen molar-refractivity contribution in [1.82, 2.24) is 14.6 Å². The second-order valence-corrected chi connectivity index (χ2v) is 10.6. The van der Waals surface area contributed by atoms with Crippen LogP contribution in [0.3, 0.4) is 0 Å². The first kappa shape index (κ1) is 28.2. The van der Waals surface area contributed by atoms with Crippen LogP contribution in [0.15, 0.2) is 41.3 Å². The summed E-state index contributed by atoms with van der Waals surface area (Å²) in [6, 6.07) is 6.96. The fourth-order valence-corrected chi connectivity index (χ4v) is 4.99. The third-order valence-electron chi connectivity index (χ3n) is 5.15. The number of aryl methyl sites for hydroxylation is 1. The van der Waals surface area contributed by atoms with Gasteiger partial charge in [0.1, 0.15) is 28.6 Å². The Bertz CT molecular complexity index is 1220. The zero-order valence-corrected chi connectivity index (χ0v) is 21.8. The number of halogens is 1. The summed E-state index contributed by atoms with van der Waals surface area (Å²) in [5.41, 5.74) is -0.217. The van der Waals surface area contributed by atoms with Gasteiger partial charge in [-0.25, -0.2) is 13.8 Å². The predicted octanol–water partition coefficient (Wildman–Crippen LogP) is 2.94. The maximum Gasteiger partial charge on any atom is 0.459 e. The number of hydrogen-bond acceptors (Lipinski definition) is 9. The number of aromatic amines is 1. The molecule has 3 rings (SSSR count). The van der Waals surface area contributed by atoms with Crippen molar-refractivity contribution in [2.75, 3.05) is 6.61 Å². The van der Waals surface area contributed by atoms with Crippen LogP contribution < -0.4 is 15.3 Å². The first-order valence-electron chi connectivity index (χ1n) is 11.2. The molecule has 11 nitrogen and oxygen atoms in total. The molecule has 14 heteroatoms. The number of hydrogen-bond donors (Lipinski definition) is 3. The molecule has 2 heterocycles. The number of alkyl halides is 1. The van der Waals surface area contributed by atoms with Crippen LogP contribution in [0.5, 0.6) is 5.75 Å². The van der Waals surface area contributed by atoms with Crippen molar-refractivity contribution in [3.8, 4) is 5.75 Å². The van der Waals surface area contributed by atoms with Crippen LogP contribution in [0.4, 0.5) is 4.39 Å². The second kappa shape index (κ2) is 11.8. The summed E-state index contributed by atoms with van der Waals surface area (Å²) in [5, 5.41) is 12.9. The van der Waals surface area contributed by atoms with E-state index in [-0.39, 0.29) is 10.4 Å². The number of carbonyl (C=O) groups excluding carboxylic acids is 1. The number of nitrogens with one attached hydrogen (secondary N) is 2. The summed E-state index contributed by atoms with van der Waals surface area (Å²) >= 11 is 5.00. The molecule has 0 amide bonds. The number of H-pyrrole nitrogens is 1. The first-order chi connectivity index (χ1) is 16.9. The highest BCUT2D eigenvalue weighted by atomic mass is 32.1. The van der Waals surface area contributed by atoms with Gasteiger partial charge in [-0.3, -0.25) is 18.9 Å². The third-order valence-corrected chi connectivity index (χ3v) is 7.22. The van der Waals surface area contributed by atoms with E-state index >= 15 is 0 Å². The van der Waals surface area contributed by atoms with E-state index in [2.05, 4.69) is 10.1 Å². The number of para-hydroxylation sites is 1. The lowest BCUT2D eigenvalue weighted by Gasteiger charge is -2.25. The number of ether oxygens (including phenoxy) is 2. The molecular formula is C22H29FN3O8PS. The molecule has 1 aromatic heterocycles. The largest absolute Gasteiger partial charge is 0.462 e. The smallest absolute Gasteiger partial charge is 0.459 e. The molecule has 3 N–H and O–H groups in total. The van der Waals surface area contributed by atoms with Crippen LogP contribution in [0.2, 0.25) is 0 Å². The Kier molecular flexibility index (Phi) is 9.20. The predicted molar refractivity (Wildman–Crippen MR) is 130 cm³/mol. The molecule has 0 bridgehead atoms. The molecule has 0 radical (unpaired) electrons. The molecule has 1 aromatic carbocycles. The Morgan fingerprint density at radius 2 is 2.00 bits per heavy atom. The second-order valence-electron chi connectivity index (χ2n) is 8.51. The lowest BCUT2D eigenvalue weighted by atomic mass is 10.1. The Balaban J connectivity index is 1.77. The first-order valence-corrected chi connectivity index (χ1v) is 13.1. The molecule has 1 aliphatic rings. The number of carbonyl (C=O) groups is 1. The van der Waals surface area contributed by atoms with Gasteiger partial charge in [-0.15, -0.1) is 0 Å². The lowest BCUT2D eigenvalue weighted by Crippen LogP contribution is -2.37. The van der Waals surface area contributed by atoms with Crippen LogP contribution >= 0.6 is 20.0 Å². The molecule has 1 fully saturated rings. The van der Waals surface area contributed by atoms with Crippen LogP contribution in [0, 0.1) is 11.6 Å². The van der Waals surface area contributed by atoms with Gasteiger partial charge < -0.3 is 19.1 Å².